The van der Waals surface area contributed by atoms with Gasteiger partial charge in [0.2, 0.25) is 12.3 Å². The molecule has 1 heterocycles. The third kappa shape index (κ3) is 3.08. The van der Waals surface area contributed by atoms with Gasteiger partial charge in [-0.3, -0.25) is 4.79 Å². The van der Waals surface area contributed by atoms with Crippen LogP contribution in [-0.4, -0.2) is 5.78 Å². The van der Waals surface area contributed by atoms with Crippen LogP contribution in [0.5, 0.6) is 0 Å². The largest absolute Gasteiger partial charge is 0.287 e. The van der Waals surface area contributed by atoms with Gasteiger partial charge in [0.25, 0.3) is 0 Å². The van der Waals surface area contributed by atoms with E-state index >= 15 is 0 Å². The number of ketones is 1. The number of hydrogen-bond donors (Lipinski definition) is 0. The van der Waals surface area contributed by atoms with Crippen LogP contribution in [0.25, 0.3) is 0 Å². The minimum absolute atomic E-state index is 0.154. The minimum atomic E-state index is 0.154. The van der Waals surface area contributed by atoms with Gasteiger partial charge >= 0.3 is 0 Å². The van der Waals surface area contributed by atoms with Crippen molar-refractivity contribution in [2.75, 3.05) is 0 Å². The predicted octanol–water partition coefficient (Wildman–Crippen LogP) is 3.04. The van der Waals surface area contributed by atoms with Crippen molar-refractivity contribution in [3.8, 4) is 0 Å². The molecule has 19 heavy (non-hydrogen) atoms. The molecule has 2 heteroatoms. The average Bonchev–Trinajstić information content (AvgIpc) is 2.44. The number of benzene rings is 1. The molecule has 0 aliphatic rings. The van der Waals surface area contributed by atoms with Gasteiger partial charge in [0.1, 0.15) is 0 Å². The maximum Gasteiger partial charge on any atom is 0.227 e. The molecule has 0 bridgehead atoms. The molecule has 0 aliphatic carbocycles. The third-order valence-electron chi connectivity index (χ3n) is 3.61. The first kappa shape index (κ1) is 13.5. The molecular formula is C17H20NO+. The normalized spacial score (nSPS) is 10.5. The van der Waals surface area contributed by atoms with Crippen LogP contribution >= 0.6 is 0 Å². The number of nitrogens with zero attached hydrogens (tertiary/aromatic N) is 1. The van der Waals surface area contributed by atoms with Gasteiger partial charge in [0, 0.05) is 24.1 Å². The molecule has 0 spiro atoms. The number of aryl methyl sites for hydroxylation is 2. The molecule has 0 unspecified atom stereocenters. The highest BCUT2D eigenvalue weighted by atomic mass is 16.1. The van der Waals surface area contributed by atoms with E-state index in [-0.39, 0.29) is 5.78 Å². The third-order valence-corrected chi connectivity index (χ3v) is 3.61. The van der Waals surface area contributed by atoms with E-state index in [1.807, 2.05) is 48.0 Å². The Morgan fingerprint density at radius 2 is 1.79 bits per heavy atom. The second-order valence-electron chi connectivity index (χ2n) is 4.88. The molecule has 1 aromatic heterocycles. The van der Waals surface area contributed by atoms with Crippen molar-refractivity contribution in [2.24, 2.45) is 0 Å². The monoisotopic (exact) mass is 254 g/mol. The molecule has 0 saturated heterocycles. The lowest BCUT2D eigenvalue weighted by Gasteiger charge is -2.03. The highest BCUT2D eigenvalue weighted by Crippen LogP contribution is 2.06. The minimum Gasteiger partial charge on any atom is -0.287 e. The van der Waals surface area contributed by atoms with E-state index in [1.165, 1.54) is 11.1 Å². The molecular weight excluding hydrogens is 234 g/mol. The second-order valence-corrected chi connectivity index (χ2v) is 4.88. The molecule has 0 aliphatic heterocycles. The van der Waals surface area contributed by atoms with Crippen LogP contribution in [0.15, 0.2) is 42.6 Å². The summed E-state index contributed by atoms with van der Waals surface area (Å²) in [7, 11) is 0. The van der Waals surface area contributed by atoms with E-state index in [2.05, 4.69) is 19.9 Å². The second kappa shape index (κ2) is 5.79. The Morgan fingerprint density at radius 1 is 1.11 bits per heavy atom. The maximum absolute atomic E-state index is 12.3. The van der Waals surface area contributed by atoms with E-state index in [0.717, 1.165) is 17.7 Å². The molecule has 2 rings (SSSR count). The zero-order valence-electron chi connectivity index (χ0n) is 11.8. The fourth-order valence-electron chi connectivity index (χ4n) is 2.09. The lowest BCUT2D eigenvalue weighted by molar-refractivity contribution is -0.689. The Bertz CT molecular complexity index is 585. The van der Waals surface area contributed by atoms with Crippen molar-refractivity contribution in [1.82, 2.24) is 0 Å². The Hall–Kier alpha value is -1.96. The summed E-state index contributed by atoms with van der Waals surface area (Å²) in [5.41, 5.74) is 4.39. The Morgan fingerprint density at radius 3 is 2.42 bits per heavy atom. The maximum atomic E-state index is 12.3. The van der Waals surface area contributed by atoms with Gasteiger partial charge in [-0.2, -0.15) is 4.57 Å². The van der Waals surface area contributed by atoms with Gasteiger partial charge in [0.15, 0.2) is 11.9 Å². The number of carbonyl (C=O) groups is 1. The number of pyridine rings is 1. The number of carbonyl (C=O) groups excluding carboxylic acids is 1. The molecule has 0 radical (unpaired) electrons. The quantitative estimate of drug-likeness (QED) is 0.607. The Balaban J connectivity index is 2.18. The summed E-state index contributed by atoms with van der Waals surface area (Å²) in [6.07, 6.45) is 2.96. The zero-order chi connectivity index (χ0) is 13.8. The van der Waals surface area contributed by atoms with Crippen molar-refractivity contribution in [3.05, 3.63) is 65.0 Å². The topological polar surface area (TPSA) is 20.9 Å². The van der Waals surface area contributed by atoms with E-state index in [0.29, 0.717) is 6.54 Å². The molecule has 0 saturated carbocycles. The van der Waals surface area contributed by atoms with Crippen LogP contribution in [-0.2, 0) is 13.0 Å². The van der Waals surface area contributed by atoms with Gasteiger partial charge in [-0.1, -0.05) is 31.2 Å². The van der Waals surface area contributed by atoms with Crippen molar-refractivity contribution in [2.45, 2.75) is 33.7 Å². The van der Waals surface area contributed by atoms with Crippen molar-refractivity contribution >= 4 is 5.78 Å². The highest BCUT2D eigenvalue weighted by molar-refractivity contribution is 5.95. The molecule has 98 valence electrons. The van der Waals surface area contributed by atoms with Crippen LogP contribution in [0.3, 0.4) is 0 Å². The van der Waals surface area contributed by atoms with Gasteiger partial charge in [-0.05, 0) is 25.0 Å². The molecule has 0 amide bonds. The summed E-state index contributed by atoms with van der Waals surface area (Å²) in [5, 5.41) is 0. The Kier molecular flexibility index (Phi) is 4.10. The fourth-order valence-corrected chi connectivity index (χ4v) is 2.09. The van der Waals surface area contributed by atoms with Crippen LogP contribution in [0.2, 0.25) is 0 Å². The molecule has 0 fully saturated rings. The van der Waals surface area contributed by atoms with Gasteiger partial charge in [-0.15, -0.1) is 0 Å². The van der Waals surface area contributed by atoms with Gasteiger partial charge < -0.3 is 0 Å². The van der Waals surface area contributed by atoms with Gasteiger partial charge in [0.05, 0.1) is 0 Å². The van der Waals surface area contributed by atoms with E-state index in [9.17, 15) is 4.79 Å². The van der Waals surface area contributed by atoms with Crippen LogP contribution < -0.4 is 4.57 Å². The van der Waals surface area contributed by atoms with Crippen LogP contribution in [0, 0.1) is 13.8 Å². The lowest BCUT2D eigenvalue weighted by Crippen LogP contribution is -2.41. The summed E-state index contributed by atoms with van der Waals surface area (Å²) in [6, 6.07) is 11.9. The highest BCUT2D eigenvalue weighted by Gasteiger charge is 2.15. The SMILES string of the molecule is CCc1ccc(C(=O)C[n+]2cccc(C)c2C)cc1. The number of aromatic nitrogens is 1. The summed E-state index contributed by atoms with van der Waals surface area (Å²) < 4.78 is 2.01. The first-order chi connectivity index (χ1) is 9.11. The number of hydrogen-bond acceptors (Lipinski definition) is 1. The summed E-state index contributed by atoms with van der Waals surface area (Å²) >= 11 is 0. The van der Waals surface area contributed by atoms with Crippen molar-refractivity contribution in [3.63, 3.8) is 0 Å². The van der Waals surface area contributed by atoms with E-state index < -0.39 is 0 Å². The first-order valence-electron chi connectivity index (χ1n) is 6.69. The van der Waals surface area contributed by atoms with E-state index in [1.54, 1.807) is 0 Å². The lowest BCUT2D eigenvalue weighted by atomic mass is 10.1. The van der Waals surface area contributed by atoms with Crippen molar-refractivity contribution < 1.29 is 9.36 Å². The first-order valence-corrected chi connectivity index (χ1v) is 6.69. The van der Waals surface area contributed by atoms with Gasteiger partial charge in [-0.25, -0.2) is 0 Å². The van der Waals surface area contributed by atoms with E-state index in [4.69, 9.17) is 0 Å². The summed E-state index contributed by atoms with van der Waals surface area (Å²) in [6.45, 7) is 6.62. The van der Waals surface area contributed by atoms with Crippen LogP contribution in [0.4, 0.5) is 0 Å². The molecule has 2 nitrogen and oxygen atoms in total. The number of Topliss-reactive ketones (excluding diaryl/α,β-unsaturated/α-hetero) is 1. The molecule has 1 aromatic carbocycles. The molecule has 0 N–H and O–H groups in total. The average molecular weight is 254 g/mol. The Labute approximate surface area is 114 Å². The predicted molar refractivity (Wildman–Crippen MR) is 76.3 cm³/mol. The number of rotatable bonds is 4. The smallest absolute Gasteiger partial charge is 0.227 e. The fraction of sp³-hybridized carbons (Fsp3) is 0.294. The molecule has 2 aromatic rings. The van der Waals surface area contributed by atoms with Crippen molar-refractivity contribution in [1.29, 1.82) is 0 Å². The summed E-state index contributed by atoms with van der Waals surface area (Å²) in [5.74, 6) is 0.154. The zero-order valence-corrected chi connectivity index (χ0v) is 11.8. The standard InChI is InChI=1S/C17H20NO/c1-4-15-7-9-16(10-8-15)17(19)12-18-11-5-6-13(2)14(18)3/h5-11H,4,12H2,1-3H3/q+1. The summed E-state index contributed by atoms with van der Waals surface area (Å²) in [4.78, 5) is 12.3. The van der Waals surface area contributed by atoms with Crippen LogP contribution in [0.1, 0.15) is 34.1 Å². The molecule has 0 atom stereocenters.